The lowest BCUT2D eigenvalue weighted by atomic mass is 10.4. The van der Waals surface area contributed by atoms with Crippen LogP contribution in [0.4, 0.5) is 0 Å². The molecule has 0 aliphatic rings. The third kappa shape index (κ3) is 17.3. The van der Waals surface area contributed by atoms with Crippen LogP contribution in [0.25, 0.3) is 0 Å². The van der Waals surface area contributed by atoms with Gasteiger partial charge in [-0.25, -0.2) is 4.79 Å². The Morgan fingerprint density at radius 2 is 2.00 bits per heavy atom. The van der Waals surface area contributed by atoms with Crippen molar-refractivity contribution in [1.29, 1.82) is 0 Å². The number of aliphatic carboxylic acids is 1. The second-order valence-corrected chi connectivity index (χ2v) is 2.73. The third-order valence-corrected chi connectivity index (χ3v) is 0.960. The maximum atomic E-state index is 9.60. The van der Waals surface area contributed by atoms with Crippen LogP contribution in [0.1, 0.15) is 13.8 Å². The molecule has 0 aromatic rings. The smallest absolute Gasteiger partial charge is 0.330 e. The predicted molar refractivity (Wildman–Crippen MR) is 52.0 cm³/mol. The van der Waals surface area contributed by atoms with Gasteiger partial charge in [0, 0.05) is 5.57 Å². The summed E-state index contributed by atoms with van der Waals surface area (Å²) in [4.78, 5) is 9.60. The summed E-state index contributed by atoms with van der Waals surface area (Å²) in [5.74, 6) is -0.935. The van der Waals surface area contributed by atoms with Crippen LogP contribution in [0.2, 0.25) is 0 Å². The summed E-state index contributed by atoms with van der Waals surface area (Å²) in [5.41, 5.74) is 0.176. The van der Waals surface area contributed by atoms with Gasteiger partial charge in [-0.2, -0.15) is 0 Å². The average Bonchev–Trinajstić information content (AvgIpc) is 2.05. The fraction of sp³-hybridized carbons (Fsp3) is 0.667. The van der Waals surface area contributed by atoms with Gasteiger partial charge in [-0.05, 0) is 13.8 Å². The normalized spacial score (nSPS) is 11.1. The van der Waals surface area contributed by atoms with E-state index in [-0.39, 0.29) is 12.2 Å². The van der Waals surface area contributed by atoms with Gasteiger partial charge in [0.1, 0.15) is 0 Å². The lowest BCUT2D eigenvalue weighted by Gasteiger charge is -2.02. The van der Waals surface area contributed by atoms with E-state index < -0.39 is 12.1 Å². The van der Waals surface area contributed by atoms with Crippen molar-refractivity contribution in [2.24, 2.45) is 0 Å². The van der Waals surface area contributed by atoms with Crippen molar-refractivity contribution < 1.29 is 24.9 Å². The fourth-order valence-corrected chi connectivity index (χ4v) is 0.318. The SMILES string of the molecule is C=C(C)C(=O)O.CC(O)COCCO. The summed E-state index contributed by atoms with van der Waals surface area (Å²) in [6, 6.07) is 0. The molecule has 0 fully saturated rings. The van der Waals surface area contributed by atoms with Crippen LogP contribution in [0.5, 0.6) is 0 Å². The van der Waals surface area contributed by atoms with Crippen molar-refractivity contribution in [1.82, 2.24) is 0 Å². The minimum absolute atomic E-state index is 0.0206. The van der Waals surface area contributed by atoms with E-state index >= 15 is 0 Å². The van der Waals surface area contributed by atoms with E-state index in [0.29, 0.717) is 13.2 Å². The Morgan fingerprint density at radius 3 is 2.21 bits per heavy atom. The van der Waals surface area contributed by atoms with Crippen molar-refractivity contribution in [3.8, 4) is 0 Å². The minimum atomic E-state index is -0.935. The zero-order valence-corrected chi connectivity index (χ0v) is 8.56. The van der Waals surface area contributed by atoms with E-state index in [2.05, 4.69) is 6.58 Å². The summed E-state index contributed by atoms with van der Waals surface area (Å²) in [6.07, 6.45) is -0.429. The molecule has 0 bridgehead atoms. The zero-order valence-electron chi connectivity index (χ0n) is 8.56. The first-order chi connectivity index (χ1) is 6.41. The maximum absolute atomic E-state index is 9.60. The average molecular weight is 206 g/mol. The predicted octanol–water partition coefficient (Wildman–Crippen LogP) is 0.0232. The molecule has 0 aromatic carbocycles. The van der Waals surface area contributed by atoms with Crippen LogP contribution in [-0.2, 0) is 9.53 Å². The van der Waals surface area contributed by atoms with Crippen molar-refractivity contribution >= 4 is 5.97 Å². The largest absolute Gasteiger partial charge is 0.478 e. The molecule has 0 radical (unpaired) electrons. The topological polar surface area (TPSA) is 87.0 Å². The molecule has 14 heavy (non-hydrogen) atoms. The van der Waals surface area contributed by atoms with Crippen molar-refractivity contribution in [2.75, 3.05) is 19.8 Å². The second kappa shape index (κ2) is 10.2. The summed E-state index contributed by atoms with van der Waals surface area (Å²) in [6.45, 7) is 6.88. The van der Waals surface area contributed by atoms with Gasteiger partial charge in [0.2, 0.25) is 0 Å². The first-order valence-corrected chi connectivity index (χ1v) is 4.17. The highest BCUT2D eigenvalue weighted by Gasteiger charge is 1.92. The Labute approximate surface area is 83.6 Å². The molecular weight excluding hydrogens is 188 g/mol. The number of carbonyl (C=O) groups is 1. The molecular formula is C9H18O5. The van der Waals surface area contributed by atoms with E-state index in [0.717, 1.165) is 0 Å². The van der Waals surface area contributed by atoms with Crippen LogP contribution in [0.3, 0.4) is 0 Å². The molecule has 5 heteroatoms. The third-order valence-electron chi connectivity index (χ3n) is 0.960. The molecule has 5 nitrogen and oxygen atoms in total. The summed E-state index contributed by atoms with van der Waals surface area (Å²) in [7, 11) is 0. The molecule has 0 rings (SSSR count). The molecule has 0 amide bonds. The number of aliphatic hydroxyl groups is 2. The number of carboxylic acids is 1. The molecule has 0 spiro atoms. The molecule has 3 N–H and O–H groups in total. The quantitative estimate of drug-likeness (QED) is 0.436. The first-order valence-electron chi connectivity index (χ1n) is 4.17. The molecule has 84 valence electrons. The van der Waals surface area contributed by atoms with Gasteiger partial charge in [0.15, 0.2) is 0 Å². The molecule has 1 atom stereocenters. The highest BCUT2D eigenvalue weighted by atomic mass is 16.5. The van der Waals surface area contributed by atoms with Crippen LogP contribution in [0, 0.1) is 0 Å². The summed E-state index contributed by atoms with van der Waals surface area (Å²) < 4.78 is 4.74. The molecule has 0 aromatic heterocycles. The van der Waals surface area contributed by atoms with E-state index in [1.54, 1.807) is 6.92 Å². The monoisotopic (exact) mass is 206 g/mol. The highest BCUT2D eigenvalue weighted by molar-refractivity contribution is 5.84. The van der Waals surface area contributed by atoms with Crippen LogP contribution < -0.4 is 0 Å². The van der Waals surface area contributed by atoms with Crippen molar-refractivity contribution in [3.63, 3.8) is 0 Å². The summed E-state index contributed by atoms with van der Waals surface area (Å²) in [5, 5.41) is 24.6. The Bertz CT molecular complexity index is 153. The number of hydrogen-bond donors (Lipinski definition) is 3. The standard InChI is InChI=1S/C5H12O3.C4H6O2/c1-5(7)4-8-3-2-6;1-3(2)4(5)6/h5-7H,2-4H2,1H3;1H2,2H3,(H,5,6). The molecule has 0 aliphatic carbocycles. The Hall–Kier alpha value is -0.910. The first kappa shape index (κ1) is 15.6. The number of hydrogen-bond acceptors (Lipinski definition) is 4. The van der Waals surface area contributed by atoms with Gasteiger partial charge in [0.25, 0.3) is 0 Å². The van der Waals surface area contributed by atoms with E-state index in [1.165, 1.54) is 6.92 Å². The minimum Gasteiger partial charge on any atom is -0.478 e. The number of rotatable bonds is 5. The fourth-order valence-electron chi connectivity index (χ4n) is 0.318. The zero-order chi connectivity index (χ0) is 11.6. The van der Waals surface area contributed by atoms with E-state index in [1.807, 2.05) is 0 Å². The molecule has 0 aliphatic heterocycles. The van der Waals surface area contributed by atoms with Gasteiger partial charge in [-0.1, -0.05) is 6.58 Å². The van der Waals surface area contributed by atoms with Gasteiger partial charge in [0.05, 0.1) is 25.9 Å². The van der Waals surface area contributed by atoms with Gasteiger partial charge in [-0.3, -0.25) is 0 Å². The van der Waals surface area contributed by atoms with Crippen LogP contribution >= 0.6 is 0 Å². The molecule has 0 saturated carbocycles. The van der Waals surface area contributed by atoms with E-state index in [4.69, 9.17) is 20.1 Å². The molecule has 1 unspecified atom stereocenters. The second-order valence-electron chi connectivity index (χ2n) is 2.73. The molecule has 0 saturated heterocycles. The Morgan fingerprint density at radius 1 is 1.57 bits per heavy atom. The number of aliphatic hydroxyl groups excluding tert-OH is 2. The lowest BCUT2D eigenvalue weighted by Crippen LogP contribution is -2.12. The Kier molecular flexibility index (Phi) is 11.3. The van der Waals surface area contributed by atoms with Crippen LogP contribution in [-0.4, -0.2) is 47.2 Å². The number of carboxylic acid groups (broad SMARTS) is 1. The lowest BCUT2D eigenvalue weighted by molar-refractivity contribution is -0.132. The Balaban J connectivity index is 0. The number of ether oxygens (including phenoxy) is 1. The highest BCUT2D eigenvalue weighted by Crippen LogP contribution is 1.81. The van der Waals surface area contributed by atoms with Gasteiger partial charge in [-0.15, -0.1) is 0 Å². The van der Waals surface area contributed by atoms with E-state index in [9.17, 15) is 4.79 Å². The van der Waals surface area contributed by atoms with Crippen LogP contribution in [0.15, 0.2) is 12.2 Å². The summed E-state index contributed by atoms with van der Waals surface area (Å²) >= 11 is 0. The molecule has 0 heterocycles. The van der Waals surface area contributed by atoms with Gasteiger partial charge < -0.3 is 20.1 Å². The van der Waals surface area contributed by atoms with Crippen molar-refractivity contribution in [3.05, 3.63) is 12.2 Å². The maximum Gasteiger partial charge on any atom is 0.330 e. The van der Waals surface area contributed by atoms with Gasteiger partial charge >= 0.3 is 5.97 Å². The van der Waals surface area contributed by atoms with Crippen molar-refractivity contribution in [2.45, 2.75) is 20.0 Å².